The number of hydrogen-bond donors (Lipinski definition) is 0. The van der Waals surface area contributed by atoms with E-state index in [0.717, 1.165) is 0 Å². The standard InChI is InChI=1S/C12H8Cl2O3/c13-9-1-5-11(6-2-9)15-17-16-12-7-3-10(14)4-8-12/h1-8H. The lowest BCUT2D eigenvalue weighted by Crippen LogP contribution is -2.01. The molecule has 88 valence electrons. The zero-order valence-electron chi connectivity index (χ0n) is 8.60. The highest BCUT2D eigenvalue weighted by atomic mass is 35.5. The molecule has 0 spiro atoms. The molecule has 0 bridgehead atoms. The lowest BCUT2D eigenvalue weighted by molar-refractivity contribution is -0.411. The molecule has 17 heavy (non-hydrogen) atoms. The van der Waals surface area contributed by atoms with Gasteiger partial charge in [-0.25, -0.2) is 0 Å². The Morgan fingerprint density at radius 3 is 1.29 bits per heavy atom. The average Bonchev–Trinajstić information content (AvgIpc) is 2.34. The molecule has 0 unspecified atom stereocenters. The van der Waals surface area contributed by atoms with Crippen molar-refractivity contribution in [2.45, 2.75) is 0 Å². The Kier molecular flexibility index (Phi) is 4.09. The summed E-state index contributed by atoms with van der Waals surface area (Å²) >= 11 is 11.4. The van der Waals surface area contributed by atoms with E-state index >= 15 is 0 Å². The van der Waals surface area contributed by atoms with E-state index in [1.807, 2.05) is 0 Å². The molecular formula is C12H8Cl2O3. The highest BCUT2D eigenvalue weighted by Gasteiger charge is 1.98. The van der Waals surface area contributed by atoms with E-state index in [-0.39, 0.29) is 0 Å². The lowest BCUT2D eigenvalue weighted by atomic mass is 10.3. The Labute approximate surface area is 108 Å². The van der Waals surface area contributed by atoms with Gasteiger partial charge in [-0.1, -0.05) is 23.2 Å². The molecule has 0 aromatic heterocycles. The van der Waals surface area contributed by atoms with Crippen molar-refractivity contribution >= 4 is 23.2 Å². The first-order valence-corrected chi connectivity index (χ1v) is 5.52. The van der Waals surface area contributed by atoms with E-state index in [0.29, 0.717) is 21.5 Å². The van der Waals surface area contributed by atoms with Crippen LogP contribution in [0.15, 0.2) is 48.5 Å². The molecule has 0 saturated heterocycles. The van der Waals surface area contributed by atoms with Crippen LogP contribution in [0.5, 0.6) is 11.5 Å². The zero-order chi connectivity index (χ0) is 12.1. The van der Waals surface area contributed by atoms with Crippen molar-refractivity contribution in [3.05, 3.63) is 58.6 Å². The first-order valence-electron chi connectivity index (χ1n) is 4.76. The first kappa shape index (κ1) is 12.0. The maximum atomic E-state index is 5.72. The molecule has 2 rings (SSSR count). The predicted molar refractivity (Wildman–Crippen MR) is 65.2 cm³/mol. The maximum absolute atomic E-state index is 5.72. The van der Waals surface area contributed by atoms with Crippen molar-refractivity contribution in [1.82, 2.24) is 0 Å². The summed E-state index contributed by atoms with van der Waals surface area (Å²) in [7, 11) is 0. The van der Waals surface area contributed by atoms with Crippen molar-refractivity contribution in [2.75, 3.05) is 0 Å². The predicted octanol–water partition coefficient (Wildman–Crippen LogP) is 4.30. The fourth-order valence-corrected chi connectivity index (χ4v) is 1.33. The van der Waals surface area contributed by atoms with Gasteiger partial charge in [0.05, 0.1) is 0 Å². The number of benzene rings is 2. The lowest BCUT2D eigenvalue weighted by Gasteiger charge is -2.04. The largest absolute Gasteiger partial charge is 0.299 e. The maximum Gasteiger partial charge on any atom is 0.169 e. The monoisotopic (exact) mass is 270 g/mol. The summed E-state index contributed by atoms with van der Waals surface area (Å²) in [5.74, 6) is 0.978. The number of rotatable bonds is 4. The Balaban J connectivity index is 1.83. The second-order valence-electron chi connectivity index (χ2n) is 3.14. The average molecular weight is 271 g/mol. The van der Waals surface area contributed by atoms with Gasteiger partial charge in [0.2, 0.25) is 0 Å². The minimum Gasteiger partial charge on any atom is -0.299 e. The van der Waals surface area contributed by atoms with E-state index in [1.54, 1.807) is 48.5 Å². The number of halogens is 2. The summed E-state index contributed by atoms with van der Waals surface area (Å²) in [6.45, 7) is 0. The Bertz CT molecular complexity index is 423. The van der Waals surface area contributed by atoms with Crippen molar-refractivity contribution in [3.8, 4) is 11.5 Å². The summed E-state index contributed by atoms with van der Waals surface area (Å²) in [4.78, 5) is 9.76. The van der Waals surface area contributed by atoms with Gasteiger partial charge in [-0.05, 0) is 48.5 Å². The fourth-order valence-electron chi connectivity index (χ4n) is 1.08. The first-order chi connectivity index (χ1) is 8.24. The Hall–Kier alpha value is -1.42. The van der Waals surface area contributed by atoms with E-state index in [9.17, 15) is 0 Å². The quantitative estimate of drug-likeness (QED) is 0.613. The van der Waals surface area contributed by atoms with Gasteiger partial charge in [0.25, 0.3) is 0 Å². The summed E-state index contributed by atoms with van der Waals surface area (Å²) < 4.78 is 0. The van der Waals surface area contributed by atoms with Crippen LogP contribution in [0.25, 0.3) is 0 Å². The SMILES string of the molecule is Clc1ccc(OOOc2ccc(Cl)cc2)cc1. The van der Waals surface area contributed by atoms with Crippen LogP contribution in [0.2, 0.25) is 10.0 Å². The number of hydrogen-bond acceptors (Lipinski definition) is 3. The van der Waals surface area contributed by atoms with Gasteiger partial charge in [-0.15, -0.1) is 0 Å². The van der Waals surface area contributed by atoms with Crippen LogP contribution >= 0.6 is 23.2 Å². The molecule has 0 aliphatic heterocycles. The van der Waals surface area contributed by atoms with Crippen LogP contribution in [-0.4, -0.2) is 0 Å². The van der Waals surface area contributed by atoms with E-state index < -0.39 is 0 Å². The third kappa shape index (κ3) is 3.82. The van der Waals surface area contributed by atoms with Gasteiger partial charge in [-0.2, -0.15) is 0 Å². The van der Waals surface area contributed by atoms with E-state index in [2.05, 4.69) is 5.04 Å². The molecule has 3 nitrogen and oxygen atoms in total. The molecule has 0 aliphatic rings. The molecule has 0 amide bonds. The van der Waals surface area contributed by atoms with Crippen LogP contribution in [0, 0.1) is 0 Å². The highest BCUT2D eigenvalue weighted by Crippen LogP contribution is 2.18. The van der Waals surface area contributed by atoms with Gasteiger partial charge >= 0.3 is 0 Å². The highest BCUT2D eigenvalue weighted by molar-refractivity contribution is 6.30. The van der Waals surface area contributed by atoms with Gasteiger partial charge in [0.15, 0.2) is 11.5 Å². The minimum absolute atomic E-state index is 0.489. The van der Waals surface area contributed by atoms with E-state index in [4.69, 9.17) is 33.0 Å². The molecule has 0 saturated carbocycles. The van der Waals surface area contributed by atoms with Gasteiger partial charge < -0.3 is 0 Å². The van der Waals surface area contributed by atoms with Gasteiger partial charge in [0, 0.05) is 15.1 Å². The van der Waals surface area contributed by atoms with Gasteiger partial charge in [-0.3, -0.25) is 9.78 Å². The van der Waals surface area contributed by atoms with Crippen LogP contribution in [0.3, 0.4) is 0 Å². The molecule has 2 aromatic rings. The van der Waals surface area contributed by atoms with Crippen LogP contribution in [0.1, 0.15) is 0 Å². The summed E-state index contributed by atoms with van der Waals surface area (Å²) in [5.41, 5.74) is 0. The normalized spacial score (nSPS) is 10.0. The summed E-state index contributed by atoms with van der Waals surface area (Å²) in [6.07, 6.45) is 0. The van der Waals surface area contributed by atoms with Crippen molar-refractivity contribution in [2.24, 2.45) is 0 Å². The van der Waals surface area contributed by atoms with E-state index in [1.165, 1.54) is 0 Å². The second kappa shape index (κ2) is 5.77. The van der Waals surface area contributed by atoms with Gasteiger partial charge in [0.1, 0.15) is 0 Å². The molecule has 2 aromatic carbocycles. The fraction of sp³-hybridized carbons (Fsp3) is 0. The van der Waals surface area contributed by atoms with Crippen LogP contribution in [0.4, 0.5) is 0 Å². The van der Waals surface area contributed by atoms with Crippen LogP contribution < -0.4 is 9.78 Å². The molecule has 0 fully saturated rings. The topological polar surface area (TPSA) is 27.7 Å². The summed E-state index contributed by atoms with van der Waals surface area (Å²) in [5, 5.41) is 5.84. The Morgan fingerprint density at radius 1 is 0.588 bits per heavy atom. The molecule has 0 radical (unpaired) electrons. The molecular weight excluding hydrogens is 263 g/mol. The Morgan fingerprint density at radius 2 is 0.941 bits per heavy atom. The third-order valence-electron chi connectivity index (χ3n) is 1.89. The van der Waals surface area contributed by atoms with Crippen molar-refractivity contribution in [3.63, 3.8) is 0 Å². The smallest absolute Gasteiger partial charge is 0.169 e. The molecule has 0 atom stereocenters. The zero-order valence-corrected chi connectivity index (χ0v) is 10.1. The van der Waals surface area contributed by atoms with Crippen LogP contribution in [-0.2, 0) is 5.04 Å². The molecule has 0 N–H and O–H groups in total. The minimum atomic E-state index is 0.489. The summed E-state index contributed by atoms with van der Waals surface area (Å²) in [6, 6.07) is 13.4. The van der Waals surface area contributed by atoms with Crippen molar-refractivity contribution in [1.29, 1.82) is 0 Å². The second-order valence-corrected chi connectivity index (χ2v) is 4.02. The molecule has 5 heteroatoms. The van der Waals surface area contributed by atoms with Crippen molar-refractivity contribution < 1.29 is 14.8 Å². The third-order valence-corrected chi connectivity index (χ3v) is 2.39. The molecule has 0 heterocycles. The molecule has 0 aliphatic carbocycles.